The summed E-state index contributed by atoms with van der Waals surface area (Å²) in [5, 5.41) is 2.87. The van der Waals surface area contributed by atoms with Crippen LogP contribution in [0.1, 0.15) is 0 Å². The molecule has 3 aromatic rings. The number of ether oxygens (including phenoxy) is 1. The van der Waals surface area contributed by atoms with Gasteiger partial charge in [0.15, 0.2) is 17.2 Å². The van der Waals surface area contributed by atoms with Gasteiger partial charge in [0, 0.05) is 13.4 Å². The molecule has 0 radical (unpaired) electrons. The van der Waals surface area contributed by atoms with E-state index in [1.165, 1.54) is 10.3 Å². The van der Waals surface area contributed by atoms with Gasteiger partial charge < -0.3 is 14.4 Å². The molecule has 1 aliphatic rings. The maximum atomic E-state index is 6.27. The first-order chi connectivity index (χ1) is 17.0. The molecule has 36 heavy (non-hydrogen) atoms. The average Bonchev–Trinajstić information content (AvgIpc) is 2.76. The Balaban J connectivity index is 1.67. The highest BCUT2D eigenvalue weighted by atomic mass is 79.9. The summed E-state index contributed by atoms with van der Waals surface area (Å²) in [7, 11) is 0. The van der Waals surface area contributed by atoms with Crippen molar-refractivity contribution in [2.24, 2.45) is 0 Å². The molecule has 6 nitrogen and oxygen atoms in total. The van der Waals surface area contributed by atoms with Gasteiger partial charge in [-0.3, -0.25) is 0 Å². The third-order valence-corrected chi connectivity index (χ3v) is 9.19. The summed E-state index contributed by atoms with van der Waals surface area (Å²) in [5.41, 5.74) is 3.07. The van der Waals surface area contributed by atoms with Gasteiger partial charge in [0.1, 0.15) is 12.3 Å². The van der Waals surface area contributed by atoms with E-state index in [9.17, 15) is 0 Å². The number of hydrogen-bond donors (Lipinski definition) is 1. The topological polar surface area (TPSA) is 46.2 Å². The van der Waals surface area contributed by atoms with Gasteiger partial charge >= 0.3 is 0 Å². The van der Waals surface area contributed by atoms with Crippen molar-refractivity contribution in [3.63, 3.8) is 0 Å². The number of hydrogen-bond acceptors (Lipinski definition) is 6. The van der Waals surface area contributed by atoms with Crippen LogP contribution in [0.25, 0.3) is 0 Å². The van der Waals surface area contributed by atoms with Crippen LogP contribution in [0, 0.1) is 0 Å². The fourth-order valence-electron chi connectivity index (χ4n) is 2.84. The lowest BCUT2D eigenvalue weighted by molar-refractivity contribution is -0.230. The summed E-state index contributed by atoms with van der Waals surface area (Å²) in [6.07, 6.45) is 1.69. The maximum Gasteiger partial charge on any atom is 0.185 e. The van der Waals surface area contributed by atoms with Crippen LogP contribution in [0.2, 0.25) is 0 Å². The number of rotatable bonds is 6. The second-order valence-corrected chi connectivity index (χ2v) is 14.8. The molecular weight excluding hydrogens is 1060 g/mol. The summed E-state index contributed by atoms with van der Waals surface area (Å²) in [6.45, 7) is 0.242. The van der Waals surface area contributed by atoms with Gasteiger partial charge in [0.2, 0.25) is 0 Å². The zero-order valence-electron chi connectivity index (χ0n) is 17.3. The fourth-order valence-corrected chi connectivity index (χ4v) is 10.1. The quantitative estimate of drug-likeness (QED) is 0.265. The minimum Gasteiger partial charge on any atom is -0.456 e. The van der Waals surface area contributed by atoms with Gasteiger partial charge in [0.25, 0.3) is 0 Å². The Labute approximate surface area is 282 Å². The zero-order valence-corrected chi connectivity index (χ0v) is 31.5. The minimum atomic E-state index is 0.242. The average molecular weight is 1070 g/mol. The van der Waals surface area contributed by atoms with Crippen molar-refractivity contribution in [1.29, 1.82) is 0 Å². The Morgan fingerprint density at radius 1 is 0.556 bits per heavy atom. The Hall–Kier alpha value is 0.840. The highest BCUT2D eigenvalue weighted by molar-refractivity contribution is 9.12. The summed E-state index contributed by atoms with van der Waals surface area (Å²) >= 11 is 31.7. The van der Waals surface area contributed by atoms with E-state index >= 15 is 0 Å². The molecule has 0 saturated heterocycles. The first-order valence-electron chi connectivity index (χ1n) is 9.51. The van der Waals surface area contributed by atoms with Gasteiger partial charge in [-0.15, -0.1) is 5.17 Å². The molecule has 1 heterocycles. The normalized spacial score (nSPS) is 14.0. The maximum absolute atomic E-state index is 6.27. The molecule has 0 aliphatic carbocycles. The van der Waals surface area contributed by atoms with Crippen molar-refractivity contribution in [3.05, 3.63) is 88.6 Å². The molecule has 190 valence electrons. The first-order valence-corrected chi connectivity index (χ1v) is 16.6. The van der Waals surface area contributed by atoms with Crippen molar-refractivity contribution in [3.8, 4) is 17.2 Å². The molecule has 4 rings (SSSR count). The number of halogens is 9. The summed E-state index contributed by atoms with van der Waals surface area (Å²) in [4.78, 5) is 12.3. The highest BCUT2D eigenvalue weighted by Gasteiger charge is 2.26. The van der Waals surface area contributed by atoms with E-state index in [4.69, 9.17) is 14.4 Å². The summed E-state index contributed by atoms with van der Waals surface area (Å²) < 4.78 is 13.4. The van der Waals surface area contributed by atoms with Crippen molar-refractivity contribution in [2.45, 2.75) is 0 Å². The van der Waals surface area contributed by atoms with Crippen molar-refractivity contribution in [1.82, 2.24) is 15.9 Å². The van der Waals surface area contributed by atoms with Gasteiger partial charge in [-0.2, -0.15) is 0 Å². The largest absolute Gasteiger partial charge is 0.456 e. The van der Waals surface area contributed by atoms with Crippen LogP contribution in [0.3, 0.4) is 0 Å². The number of hydroxylamine groups is 2. The molecular formula is C21H10Br9N3O3. The van der Waals surface area contributed by atoms with E-state index in [2.05, 4.69) is 149 Å². The second-order valence-electron chi connectivity index (χ2n) is 6.94. The molecule has 0 saturated carbocycles. The number of hydrazine groups is 2. The SMILES string of the molecule is Brc1cc(Br)c(OC2=CN(Oc3c(Br)cc(Br)cc3Br)NN(Oc3c(Br)cc(Br)cc3Br)C2)c(Br)c1. The van der Waals surface area contributed by atoms with E-state index in [1.54, 1.807) is 6.20 Å². The van der Waals surface area contributed by atoms with Crippen LogP contribution in [0.4, 0.5) is 0 Å². The highest BCUT2D eigenvalue weighted by Crippen LogP contribution is 2.40. The van der Waals surface area contributed by atoms with E-state index in [0.29, 0.717) is 23.0 Å². The van der Waals surface area contributed by atoms with Crippen LogP contribution < -0.4 is 19.9 Å². The second kappa shape index (κ2) is 13.0. The standard InChI is InChI=1S/C21H10Br9N3O3/c22-9-1-13(25)19(14(26)2-9)34-12-7-32(35-20-15(27)3-10(23)4-16(20)28)31-33(8-12)36-21-17(29)5-11(24)6-18(21)30/h1-7,31H,8H2. The lowest BCUT2D eigenvalue weighted by Gasteiger charge is -2.34. The molecule has 0 bridgehead atoms. The fraction of sp³-hybridized carbons (Fsp3) is 0.0476. The lowest BCUT2D eigenvalue weighted by atomic mass is 10.3. The van der Waals surface area contributed by atoms with E-state index < -0.39 is 0 Å². The molecule has 1 aliphatic heterocycles. The van der Waals surface area contributed by atoms with Crippen LogP contribution in [-0.4, -0.2) is 16.9 Å². The molecule has 0 spiro atoms. The van der Waals surface area contributed by atoms with Gasteiger partial charge in [-0.25, -0.2) is 0 Å². The molecule has 1 N–H and O–H groups in total. The molecule has 0 atom stereocenters. The summed E-state index contributed by atoms with van der Waals surface area (Å²) in [6, 6.07) is 11.3. The Morgan fingerprint density at radius 3 is 1.39 bits per heavy atom. The summed E-state index contributed by atoms with van der Waals surface area (Å²) in [5.74, 6) is 2.23. The van der Waals surface area contributed by atoms with Gasteiger partial charge in [-0.1, -0.05) is 53.3 Å². The lowest BCUT2D eigenvalue weighted by Crippen LogP contribution is -2.55. The van der Waals surface area contributed by atoms with Crippen LogP contribution in [-0.2, 0) is 0 Å². The Morgan fingerprint density at radius 2 is 0.944 bits per heavy atom. The van der Waals surface area contributed by atoms with Gasteiger partial charge in [-0.05, 0) is 137 Å². The smallest absolute Gasteiger partial charge is 0.185 e. The predicted molar refractivity (Wildman–Crippen MR) is 170 cm³/mol. The predicted octanol–water partition coefficient (Wildman–Crippen LogP) is 10.8. The molecule has 0 fully saturated rings. The monoisotopic (exact) mass is 1060 g/mol. The van der Waals surface area contributed by atoms with E-state index in [0.717, 1.165) is 40.3 Å². The number of nitrogens with one attached hydrogen (secondary N) is 1. The van der Waals surface area contributed by atoms with Crippen molar-refractivity contribution >= 4 is 143 Å². The third-order valence-electron chi connectivity index (χ3n) is 4.28. The Bertz CT molecular complexity index is 1290. The minimum absolute atomic E-state index is 0.242. The molecule has 3 aromatic carbocycles. The number of nitrogens with zero attached hydrogens (tertiary/aromatic N) is 2. The molecule has 0 aromatic heterocycles. The van der Waals surface area contributed by atoms with Crippen LogP contribution >= 0.6 is 143 Å². The first kappa shape index (κ1) is 29.8. The van der Waals surface area contributed by atoms with Crippen molar-refractivity contribution < 1.29 is 14.4 Å². The van der Waals surface area contributed by atoms with Crippen LogP contribution in [0.5, 0.6) is 17.2 Å². The van der Waals surface area contributed by atoms with Crippen LogP contribution in [0.15, 0.2) is 88.6 Å². The molecule has 15 heteroatoms. The number of benzene rings is 3. The van der Waals surface area contributed by atoms with Gasteiger partial charge in [0.05, 0.1) is 33.0 Å². The molecule has 0 amide bonds. The van der Waals surface area contributed by atoms with E-state index in [1.807, 2.05) is 36.4 Å². The molecule has 0 unspecified atom stereocenters. The Kier molecular flexibility index (Phi) is 10.8. The van der Waals surface area contributed by atoms with E-state index in [-0.39, 0.29) is 6.54 Å². The zero-order chi connectivity index (χ0) is 26.1. The third kappa shape index (κ3) is 7.52. The van der Waals surface area contributed by atoms with Crippen molar-refractivity contribution in [2.75, 3.05) is 6.54 Å².